The first-order valence-corrected chi connectivity index (χ1v) is 4.94. The highest BCUT2D eigenvalue weighted by atomic mass is 35.5. The van der Waals surface area contributed by atoms with E-state index in [9.17, 15) is 19.5 Å². The van der Waals surface area contributed by atoms with Crippen molar-refractivity contribution < 1.29 is 29.7 Å². The molecule has 0 aromatic carbocycles. The third-order valence-corrected chi connectivity index (χ3v) is 2.27. The molecule has 19 heavy (non-hydrogen) atoms. The van der Waals surface area contributed by atoms with Gasteiger partial charge in [-0.25, -0.2) is 0 Å². The van der Waals surface area contributed by atoms with E-state index >= 15 is 0 Å². The SMILES string of the molecule is Cl.N[C@@H](CO)C(=O)NCC1=C(O)C(=O)C=C(O)C1=O. The maximum absolute atomic E-state index is 11.4. The van der Waals surface area contributed by atoms with E-state index in [2.05, 4.69) is 5.32 Å². The van der Waals surface area contributed by atoms with Crippen LogP contribution in [0.1, 0.15) is 0 Å². The van der Waals surface area contributed by atoms with E-state index in [1.54, 1.807) is 0 Å². The Morgan fingerprint density at radius 1 is 1.37 bits per heavy atom. The van der Waals surface area contributed by atoms with Gasteiger partial charge in [0.15, 0.2) is 11.5 Å². The lowest BCUT2D eigenvalue weighted by Crippen LogP contribution is -2.44. The Hall–Kier alpha value is -1.90. The second kappa shape index (κ2) is 6.88. The fraction of sp³-hybridized carbons (Fsp3) is 0.300. The summed E-state index contributed by atoms with van der Waals surface area (Å²) < 4.78 is 0. The molecule has 1 amide bonds. The Morgan fingerprint density at radius 2 is 1.95 bits per heavy atom. The molecule has 0 unspecified atom stereocenters. The molecule has 0 saturated carbocycles. The van der Waals surface area contributed by atoms with Crippen LogP contribution in [-0.2, 0) is 14.4 Å². The van der Waals surface area contributed by atoms with Gasteiger partial charge >= 0.3 is 0 Å². The number of carbonyl (C=O) groups is 3. The number of allylic oxidation sites excluding steroid dienone is 2. The summed E-state index contributed by atoms with van der Waals surface area (Å²) in [5.41, 5.74) is 4.77. The number of rotatable bonds is 4. The molecule has 0 bridgehead atoms. The van der Waals surface area contributed by atoms with E-state index in [1.165, 1.54) is 0 Å². The molecule has 1 aliphatic carbocycles. The maximum atomic E-state index is 11.4. The predicted molar refractivity (Wildman–Crippen MR) is 65.7 cm³/mol. The van der Waals surface area contributed by atoms with Crippen molar-refractivity contribution in [3.8, 4) is 0 Å². The number of hydrogen-bond acceptors (Lipinski definition) is 7. The molecule has 0 spiro atoms. The Bertz CT molecular complexity index is 471. The Morgan fingerprint density at radius 3 is 2.47 bits per heavy atom. The Kier molecular flexibility index (Phi) is 6.19. The average molecular weight is 293 g/mol. The molecule has 0 aromatic rings. The maximum Gasteiger partial charge on any atom is 0.239 e. The minimum absolute atomic E-state index is 0. The van der Waals surface area contributed by atoms with Gasteiger partial charge in [-0.15, -0.1) is 12.4 Å². The zero-order chi connectivity index (χ0) is 13.9. The zero-order valence-electron chi connectivity index (χ0n) is 9.62. The van der Waals surface area contributed by atoms with Crippen molar-refractivity contribution >= 4 is 29.9 Å². The summed E-state index contributed by atoms with van der Waals surface area (Å²) >= 11 is 0. The van der Waals surface area contributed by atoms with Crippen LogP contribution in [0.2, 0.25) is 0 Å². The van der Waals surface area contributed by atoms with Gasteiger partial charge in [-0.1, -0.05) is 0 Å². The third-order valence-electron chi connectivity index (χ3n) is 2.27. The smallest absolute Gasteiger partial charge is 0.239 e. The van der Waals surface area contributed by atoms with E-state index in [1.807, 2.05) is 0 Å². The molecule has 0 fully saturated rings. The van der Waals surface area contributed by atoms with Crippen LogP contribution in [0, 0.1) is 0 Å². The second-order valence-corrected chi connectivity index (χ2v) is 3.56. The lowest BCUT2D eigenvalue weighted by atomic mass is 10.00. The van der Waals surface area contributed by atoms with Crippen LogP contribution in [-0.4, -0.2) is 52.0 Å². The van der Waals surface area contributed by atoms with Gasteiger partial charge in [-0.3, -0.25) is 14.4 Å². The van der Waals surface area contributed by atoms with Crippen molar-refractivity contribution in [2.45, 2.75) is 6.04 Å². The number of carbonyl (C=O) groups excluding carboxylic acids is 3. The topological polar surface area (TPSA) is 150 Å². The van der Waals surface area contributed by atoms with Crippen molar-refractivity contribution in [2.75, 3.05) is 13.2 Å². The number of ketones is 2. The summed E-state index contributed by atoms with van der Waals surface area (Å²) in [6.45, 7) is -1.06. The molecule has 9 heteroatoms. The van der Waals surface area contributed by atoms with Gasteiger partial charge in [-0.05, 0) is 0 Å². The summed E-state index contributed by atoms with van der Waals surface area (Å²) in [4.78, 5) is 33.8. The van der Waals surface area contributed by atoms with Gasteiger partial charge in [0.05, 0.1) is 18.7 Å². The van der Waals surface area contributed by atoms with Crippen molar-refractivity contribution in [2.24, 2.45) is 5.73 Å². The molecule has 1 atom stereocenters. The summed E-state index contributed by atoms with van der Waals surface area (Å²) in [6, 6.07) is -1.17. The number of amides is 1. The van der Waals surface area contributed by atoms with Crippen LogP contribution in [0.15, 0.2) is 23.2 Å². The minimum Gasteiger partial charge on any atom is -0.504 e. The van der Waals surface area contributed by atoms with Crippen LogP contribution in [0.25, 0.3) is 0 Å². The van der Waals surface area contributed by atoms with Crippen molar-refractivity contribution in [1.29, 1.82) is 0 Å². The van der Waals surface area contributed by atoms with E-state index in [0.29, 0.717) is 6.08 Å². The quantitative estimate of drug-likeness (QED) is 0.385. The largest absolute Gasteiger partial charge is 0.504 e. The molecule has 1 aliphatic rings. The van der Waals surface area contributed by atoms with Gasteiger partial charge in [-0.2, -0.15) is 0 Å². The molecule has 1 rings (SSSR count). The normalized spacial score (nSPS) is 16.6. The number of nitrogens with two attached hydrogens (primary N) is 1. The van der Waals surface area contributed by atoms with Gasteiger partial charge in [0, 0.05) is 6.08 Å². The van der Waals surface area contributed by atoms with Crippen LogP contribution in [0.4, 0.5) is 0 Å². The lowest BCUT2D eigenvalue weighted by Gasteiger charge is -2.14. The summed E-state index contributed by atoms with van der Waals surface area (Å²) in [7, 11) is 0. The average Bonchev–Trinajstić information content (AvgIpc) is 2.35. The van der Waals surface area contributed by atoms with Gasteiger partial charge in [0.1, 0.15) is 6.04 Å². The Balaban J connectivity index is 0.00000324. The van der Waals surface area contributed by atoms with Crippen molar-refractivity contribution in [1.82, 2.24) is 5.32 Å². The van der Waals surface area contributed by atoms with Crippen LogP contribution in [0.5, 0.6) is 0 Å². The molecule has 6 N–H and O–H groups in total. The lowest BCUT2D eigenvalue weighted by molar-refractivity contribution is -0.123. The summed E-state index contributed by atoms with van der Waals surface area (Å²) in [5.74, 6) is -4.29. The highest BCUT2D eigenvalue weighted by molar-refractivity contribution is 6.21. The molecule has 0 aliphatic heterocycles. The van der Waals surface area contributed by atoms with Crippen LogP contribution < -0.4 is 11.1 Å². The van der Waals surface area contributed by atoms with Gasteiger partial charge in [0.25, 0.3) is 0 Å². The second-order valence-electron chi connectivity index (χ2n) is 3.56. The van der Waals surface area contributed by atoms with Gasteiger partial charge < -0.3 is 26.4 Å². The number of hydrogen-bond donors (Lipinski definition) is 5. The van der Waals surface area contributed by atoms with E-state index in [-0.39, 0.29) is 12.4 Å². The predicted octanol–water partition coefficient (Wildman–Crippen LogP) is -1.75. The molecular weight excluding hydrogens is 280 g/mol. The number of aliphatic hydroxyl groups excluding tert-OH is 3. The van der Waals surface area contributed by atoms with Crippen molar-refractivity contribution in [3.05, 3.63) is 23.2 Å². The minimum atomic E-state index is -1.17. The first-order chi connectivity index (χ1) is 8.38. The molecule has 0 aromatic heterocycles. The molecule has 8 nitrogen and oxygen atoms in total. The highest BCUT2D eigenvalue weighted by Crippen LogP contribution is 2.15. The van der Waals surface area contributed by atoms with Crippen molar-refractivity contribution in [3.63, 3.8) is 0 Å². The fourth-order valence-corrected chi connectivity index (χ4v) is 1.22. The molecule has 0 heterocycles. The van der Waals surface area contributed by atoms with E-state index in [0.717, 1.165) is 0 Å². The summed E-state index contributed by atoms with van der Waals surface area (Å²) in [6.07, 6.45) is 0.586. The first-order valence-electron chi connectivity index (χ1n) is 4.94. The van der Waals surface area contributed by atoms with E-state index in [4.69, 9.17) is 15.9 Å². The number of Topliss-reactive ketones (excluding diaryl/α,β-unsaturated/α-hetero) is 1. The zero-order valence-corrected chi connectivity index (χ0v) is 10.4. The van der Waals surface area contributed by atoms with Crippen LogP contribution in [0.3, 0.4) is 0 Å². The standard InChI is InChI=1S/C10H12N2O6.ClH/c11-5(3-13)10(18)12-2-4-8(16)6(14)1-7(15)9(4)17;/h1,5,13-14,17H,2-3,11H2,(H,12,18);1H/t5-;/m0./s1. The first kappa shape index (κ1) is 17.1. The van der Waals surface area contributed by atoms with E-state index < -0.39 is 53.8 Å². The number of aliphatic hydroxyl groups is 3. The van der Waals surface area contributed by atoms with Gasteiger partial charge in [0.2, 0.25) is 17.5 Å². The third kappa shape index (κ3) is 3.78. The monoisotopic (exact) mass is 292 g/mol. The fourth-order valence-electron chi connectivity index (χ4n) is 1.22. The summed E-state index contributed by atoms with van der Waals surface area (Å²) in [5, 5.41) is 29.2. The van der Waals surface area contributed by atoms with Crippen LogP contribution >= 0.6 is 12.4 Å². The molecule has 0 saturated heterocycles. The highest BCUT2D eigenvalue weighted by Gasteiger charge is 2.28. The molecule has 0 radical (unpaired) electrons. The number of nitrogens with one attached hydrogen (secondary N) is 1. The molecule has 106 valence electrons. The molecular formula is C10H13ClN2O6. The number of halogens is 1. The Labute approximate surface area is 114 Å².